The summed E-state index contributed by atoms with van der Waals surface area (Å²) in [7, 11) is 0. The highest BCUT2D eigenvalue weighted by Gasteiger charge is 2.11. The van der Waals surface area contributed by atoms with Crippen LogP contribution in [0.2, 0.25) is 0 Å². The summed E-state index contributed by atoms with van der Waals surface area (Å²) in [6.07, 6.45) is 1.02. The molecule has 0 spiro atoms. The summed E-state index contributed by atoms with van der Waals surface area (Å²) in [5.41, 5.74) is 6.57. The molecule has 0 aliphatic rings. The molecule has 0 bridgehead atoms. The zero-order chi connectivity index (χ0) is 12.1. The number of nitro benzene ring substituents is 1. The van der Waals surface area contributed by atoms with Gasteiger partial charge in [-0.2, -0.15) is 0 Å². The van der Waals surface area contributed by atoms with Crippen molar-refractivity contribution in [3.05, 3.63) is 33.9 Å². The van der Waals surface area contributed by atoms with Crippen LogP contribution in [0.5, 0.6) is 0 Å². The summed E-state index contributed by atoms with van der Waals surface area (Å²) in [4.78, 5) is 10.2. The Morgan fingerprint density at radius 1 is 1.56 bits per heavy atom. The van der Waals surface area contributed by atoms with Gasteiger partial charge in [0.15, 0.2) is 0 Å². The minimum absolute atomic E-state index is 0.0246. The summed E-state index contributed by atoms with van der Waals surface area (Å²) in [6, 6.07) is 5.30. The van der Waals surface area contributed by atoms with Crippen molar-refractivity contribution >= 4 is 11.4 Å². The van der Waals surface area contributed by atoms with Crippen LogP contribution in [0.25, 0.3) is 0 Å². The molecule has 0 heterocycles. The summed E-state index contributed by atoms with van der Waals surface area (Å²) >= 11 is 0. The van der Waals surface area contributed by atoms with E-state index in [0.29, 0.717) is 12.6 Å². The molecule has 88 valence electrons. The molecule has 1 atom stereocenters. The molecule has 0 radical (unpaired) electrons. The highest BCUT2D eigenvalue weighted by molar-refractivity contribution is 5.59. The third kappa shape index (κ3) is 3.20. The van der Waals surface area contributed by atoms with Crippen molar-refractivity contribution in [2.75, 3.05) is 5.73 Å². The highest BCUT2D eigenvalue weighted by Crippen LogP contribution is 2.22. The fourth-order valence-corrected chi connectivity index (χ4v) is 1.29. The van der Waals surface area contributed by atoms with E-state index in [0.717, 1.165) is 12.0 Å². The largest absolute Gasteiger partial charge is 0.393 e. The van der Waals surface area contributed by atoms with E-state index in [1.165, 1.54) is 6.07 Å². The fraction of sp³-hybridized carbons (Fsp3) is 0.455. The lowest BCUT2D eigenvalue weighted by Gasteiger charge is -2.11. The van der Waals surface area contributed by atoms with Crippen LogP contribution in [0.1, 0.15) is 25.8 Å². The monoisotopic (exact) mass is 223 g/mol. The Balaban J connectivity index is 2.75. The maximum atomic E-state index is 10.7. The van der Waals surface area contributed by atoms with Gasteiger partial charge in [-0.15, -0.1) is 0 Å². The molecule has 0 saturated heterocycles. The Morgan fingerprint density at radius 2 is 2.25 bits per heavy atom. The van der Waals surface area contributed by atoms with Gasteiger partial charge < -0.3 is 11.1 Å². The molecule has 0 aliphatic heterocycles. The molecular weight excluding hydrogens is 206 g/mol. The zero-order valence-corrected chi connectivity index (χ0v) is 9.56. The van der Waals surface area contributed by atoms with Crippen molar-refractivity contribution in [2.45, 2.75) is 32.9 Å². The summed E-state index contributed by atoms with van der Waals surface area (Å²) in [5, 5.41) is 13.9. The molecule has 0 fully saturated rings. The van der Waals surface area contributed by atoms with E-state index in [1.54, 1.807) is 12.1 Å². The maximum absolute atomic E-state index is 10.7. The van der Waals surface area contributed by atoms with E-state index < -0.39 is 4.92 Å². The highest BCUT2D eigenvalue weighted by atomic mass is 16.6. The van der Waals surface area contributed by atoms with Gasteiger partial charge in [-0.1, -0.05) is 13.0 Å². The van der Waals surface area contributed by atoms with Crippen LogP contribution in [-0.2, 0) is 6.54 Å². The first-order chi connectivity index (χ1) is 7.54. The second-order valence-corrected chi connectivity index (χ2v) is 3.84. The molecular formula is C11H17N3O2. The quantitative estimate of drug-likeness (QED) is 0.455. The number of hydrogen-bond acceptors (Lipinski definition) is 4. The van der Waals surface area contributed by atoms with Crippen molar-refractivity contribution in [3.8, 4) is 0 Å². The Hall–Kier alpha value is -1.62. The van der Waals surface area contributed by atoms with Crippen molar-refractivity contribution in [2.24, 2.45) is 0 Å². The second kappa shape index (κ2) is 5.46. The molecule has 0 amide bonds. The molecule has 1 unspecified atom stereocenters. The van der Waals surface area contributed by atoms with Crippen molar-refractivity contribution in [3.63, 3.8) is 0 Å². The zero-order valence-electron chi connectivity index (χ0n) is 9.56. The van der Waals surface area contributed by atoms with E-state index in [9.17, 15) is 10.1 Å². The summed E-state index contributed by atoms with van der Waals surface area (Å²) in [6.45, 7) is 4.78. The van der Waals surface area contributed by atoms with Gasteiger partial charge in [0.2, 0.25) is 0 Å². The molecule has 16 heavy (non-hydrogen) atoms. The molecule has 3 N–H and O–H groups in total. The van der Waals surface area contributed by atoms with Gasteiger partial charge in [0.25, 0.3) is 5.69 Å². The van der Waals surface area contributed by atoms with Crippen LogP contribution in [0, 0.1) is 10.1 Å². The SMILES string of the molecule is CCC(C)NCc1ccc(N)c([N+](=O)[O-])c1. The van der Waals surface area contributed by atoms with Crippen molar-refractivity contribution < 1.29 is 4.92 Å². The standard InChI is InChI=1S/C11H17N3O2/c1-3-8(2)13-7-9-4-5-10(12)11(6-9)14(15)16/h4-6,8,13H,3,7,12H2,1-2H3. The summed E-state index contributed by atoms with van der Waals surface area (Å²) in [5.74, 6) is 0. The smallest absolute Gasteiger partial charge is 0.292 e. The lowest BCUT2D eigenvalue weighted by Crippen LogP contribution is -2.24. The number of nitrogens with two attached hydrogens (primary N) is 1. The van der Waals surface area contributed by atoms with Gasteiger partial charge >= 0.3 is 0 Å². The fourth-order valence-electron chi connectivity index (χ4n) is 1.29. The first kappa shape index (κ1) is 12.4. The van der Waals surface area contributed by atoms with Crippen LogP contribution < -0.4 is 11.1 Å². The predicted molar refractivity (Wildman–Crippen MR) is 64.1 cm³/mol. The molecule has 1 rings (SSSR count). The Labute approximate surface area is 94.8 Å². The van der Waals surface area contributed by atoms with Crippen LogP contribution in [0.4, 0.5) is 11.4 Å². The molecule has 5 heteroatoms. The van der Waals surface area contributed by atoms with Gasteiger partial charge in [0.05, 0.1) is 4.92 Å². The number of rotatable bonds is 5. The molecule has 0 aromatic heterocycles. The van der Waals surface area contributed by atoms with Gasteiger partial charge in [-0.05, 0) is 25.0 Å². The molecule has 5 nitrogen and oxygen atoms in total. The van der Waals surface area contributed by atoms with Gasteiger partial charge in [-0.25, -0.2) is 0 Å². The Bertz CT molecular complexity index is 379. The average Bonchev–Trinajstić information content (AvgIpc) is 2.27. The van der Waals surface area contributed by atoms with Gasteiger partial charge in [0.1, 0.15) is 5.69 Å². The van der Waals surface area contributed by atoms with Gasteiger partial charge in [0, 0.05) is 18.7 Å². The topological polar surface area (TPSA) is 81.2 Å². The number of nitrogens with one attached hydrogen (secondary N) is 1. The number of hydrogen-bond donors (Lipinski definition) is 2. The number of nitrogen functional groups attached to an aromatic ring is 1. The van der Waals surface area contributed by atoms with Crippen molar-refractivity contribution in [1.82, 2.24) is 5.32 Å². The lowest BCUT2D eigenvalue weighted by atomic mass is 10.1. The minimum Gasteiger partial charge on any atom is -0.393 e. The molecule has 1 aromatic carbocycles. The second-order valence-electron chi connectivity index (χ2n) is 3.84. The molecule has 0 aliphatic carbocycles. The van der Waals surface area contributed by atoms with Crippen LogP contribution in [0.3, 0.4) is 0 Å². The van der Waals surface area contributed by atoms with E-state index in [2.05, 4.69) is 19.2 Å². The average molecular weight is 223 g/mol. The van der Waals surface area contributed by atoms with E-state index in [-0.39, 0.29) is 11.4 Å². The molecule has 0 saturated carbocycles. The number of anilines is 1. The maximum Gasteiger partial charge on any atom is 0.292 e. The number of benzene rings is 1. The van der Waals surface area contributed by atoms with Crippen LogP contribution in [-0.4, -0.2) is 11.0 Å². The van der Waals surface area contributed by atoms with Crippen molar-refractivity contribution in [1.29, 1.82) is 0 Å². The van der Waals surface area contributed by atoms with E-state index in [1.807, 2.05) is 0 Å². The van der Waals surface area contributed by atoms with E-state index in [4.69, 9.17) is 5.73 Å². The van der Waals surface area contributed by atoms with Gasteiger partial charge in [-0.3, -0.25) is 10.1 Å². The van der Waals surface area contributed by atoms with E-state index >= 15 is 0 Å². The summed E-state index contributed by atoms with van der Waals surface area (Å²) < 4.78 is 0. The molecule has 1 aromatic rings. The van der Waals surface area contributed by atoms with Crippen LogP contribution in [0.15, 0.2) is 18.2 Å². The number of nitro groups is 1. The lowest BCUT2D eigenvalue weighted by molar-refractivity contribution is -0.384. The van der Waals surface area contributed by atoms with Crippen LogP contribution >= 0.6 is 0 Å². The third-order valence-electron chi connectivity index (χ3n) is 2.56. The Kier molecular flexibility index (Phi) is 4.25. The number of nitrogens with zero attached hydrogens (tertiary/aromatic N) is 1. The third-order valence-corrected chi connectivity index (χ3v) is 2.56. The minimum atomic E-state index is -0.456. The first-order valence-electron chi connectivity index (χ1n) is 5.30. The normalized spacial score (nSPS) is 12.4. The predicted octanol–water partition coefficient (Wildman–Crippen LogP) is 2.07. The first-order valence-corrected chi connectivity index (χ1v) is 5.30. The Morgan fingerprint density at radius 3 is 2.81 bits per heavy atom.